The van der Waals surface area contributed by atoms with E-state index in [2.05, 4.69) is 9.97 Å². The average molecular weight is 295 g/mol. The first-order valence-corrected chi connectivity index (χ1v) is 6.69. The van der Waals surface area contributed by atoms with Gasteiger partial charge >= 0.3 is 0 Å². The molecule has 0 bridgehead atoms. The van der Waals surface area contributed by atoms with Crippen LogP contribution >= 0.6 is 0 Å². The van der Waals surface area contributed by atoms with Crippen LogP contribution in [0.15, 0.2) is 24.3 Å². The first-order valence-electron chi connectivity index (χ1n) is 6.69. The molecule has 0 saturated carbocycles. The largest absolute Gasteiger partial charge is 0.396 e. The lowest BCUT2D eigenvalue weighted by Gasteiger charge is -2.19. The first kappa shape index (κ1) is 14.1. The molecule has 1 aromatic heterocycles. The number of aliphatic hydroxyl groups is 2. The number of anilines is 1. The summed E-state index contributed by atoms with van der Waals surface area (Å²) >= 11 is 0. The Morgan fingerprint density at radius 2 is 2.00 bits per heavy atom. The van der Waals surface area contributed by atoms with Crippen LogP contribution in [-0.4, -0.2) is 46.0 Å². The Hall–Kier alpha value is -1.86. The van der Waals surface area contributed by atoms with Gasteiger partial charge < -0.3 is 15.1 Å². The van der Waals surface area contributed by atoms with Gasteiger partial charge in [0.15, 0.2) is 5.82 Å². The molecule has 2 unspecified atom stereocenters. The van der Waals surface area contributed by atoms with E-state index in [1.807, 2.05) is 0 Å². The number of aliphatic hydroxyl groups excluding tert-OH is 2. The minimum Gasteiger partial charge on any atom is -0.396 e. The molecule has 2 N–H and O–H groups in total. The number of rotatable bonds is 3. The van der Waals surface area contributed by atoms with Crippen LogP contribution < -0.4 is 4.90 Å². The van der Waals surface area contributed by atoms with Gasteiger partial charge in [-0.1, -0.05) is 12.1 Å². The van der Waals surface area contributed by atoms with E-state index < -0.39 is 18.4 Å². The van der Waals surface area contributed by atoms with Crippen LogP contribution in [0.5, 0.6) is 0 Å². The van der Waals surface area contributed by atoms with Gasteiger partial charge in [-0.15, -0.1) is 0 Å². The van der Waals surface area contributed by atoms with Gasteiger partial charge in [-0.25, -0.2) is 18.7 Å². The molecule has 1 saturated heterocycles. The van der Waals surface area contributed by atoms with Crippen LogP contribution in [0.4, 0.5) is 14.6 Å². The summed E-state index contributed by atoms with van der Waals surface area (Å²) in [6.07, 6.45) is -3.45. The Kier molecular flexibility index (Phi) is 3.69. The lowest BCUT2D eigenvalue weighted by Crippen LogP contribution is -2.23. The van der Waals surface area contributed by atoms with Crippen LogP contribution in [0, 0.1) is 5.92 Å². The van der Waals surface area contributed by atoms with Gasteiger partial charge in [0.1, 0.15) is 5.82 Å². The van der Waals surface area contributed by atoms with Gasteiger partial charge in [-0.05, 0) is 12.1 Å². The van der Waals surface area contributed by atoms with Crippen LogP contribution in [0.1, 0.15) is 12.2 Å². The fourth-order valence-corrected chi connectivity index (χ4v) is 2.62. The quantitative estimate of drug-likeness (QED) is 0.894. The highest BCUT2D eigenvalue weighted by molar-refractivity contribution is 5.89. The molecule has 2 aromatic rings. The minimum absolute atomic E-state index is 0.150. The van der Waals surface area contributed by atoms with Gasteiger partial charge in [0, 0.05) is 24.4 Å². The second-order valence-electron chi connectivity index (χ2n) is 5.14. The van der Waals surface area contributed by atoms with E-state index in [1.165, 1.54) is 0 Å². The number of hydrogen-bond acceptors (Lipinski definition) is 5. The molecule has 1 aromatic carbocycles. The van der Waals surface area contributed by atoms with Crippen molar-refractivity contribution >= 4 is 16.7 Å². The minimum atomic E-state index is -2.76. The predicted molar refractivity (Wildman–Crippen MR) is 73.3 cm³/mol. The molecule has 0 amide bonds. The average Bonchev–Trinajstić information content (AvgIpc) is 2.87. The molecule has 0 radical (unpaired) electrons. The topological polar surface area (TPSA) is 69.5 Å². The van der Waals surface area contributed by atoms with Crippen molar-refractivity contribution < 1.29 is 19.0 Å². The lowest BCUT2D eigenvalue weighted by atomic mass is 10.1. The summed E-state index contributed by atoms with van der Waals surface area (Å²) in [5.74, 6) is -0.440. The van der Waals surface area contributed by atoms with Crippen LogP contribution in [0.25, 0.3) is 10.9 Å². The van der Waals surface area contributed by atoms with E-state index in [-0.39, 0.29) is 19.1 Å². The number of aromatic nitrogens is 2. The van der Waals surface area contributed by atoms with E-state index >= 15 is 0 Å². The van der Waals surface area contributed by atoms with Gasteiger partial charge in [0.25, 0.3) is 6.43 Å². The second kappa shape index (κ2) is 5.50. The predicted octanol–water partition coefficient (Wildman–Crippen LogP) is 1.36. The van der Waals surface area contributed by atoms with Gasteiger partial charge in [-0.2, -0.15) is 0 Å². The highest BCUT2D eigenvalue weighted by Gasteiger charge is 2.32. The molecule has 7 heteroatoms. The number of para-hydroxylation sites is 1. The highest BCUT2D eigenvalue weighted by Crippen LogP contribution is 2.30. The fraction of sp³-hybridized carbons (Fsp3) is 0.429. The summed E-state index contributed by atoms with van der Waals surface area (Å²) < 4.78 is 25.9. The van der Waals surface area contributed by atoms with Crippen molar-refractivity contribution in [2.75, 3.05) is 24.6 Å². The normalized spacial score (nSPS) is 22.4. The smallest absolute Gasteiger partial charge is 0.297 e. The summed E-state index contributed by atoms with van der Waals surface area (Å²) in [7, 11) is 0. The zero-order chi connectivity index (χ0) is 15.0. The lowest BCUT2D eigenvalue weighted by molar-refractivity contribution is 0.104. The van der Waals surface area contributed by atoms with Crippen molar-refractivity contribution in [3.05, 3.63) is 30.1 Å². The SMILES string of the molecule is OCC1CN(c2nc(C(F)F)nc3ccccc23)CC1O. The molecule has 1 aliphatic heterocycles. The van der Waals surface area contributed by atoms with Crippen molar-refractivity contribution in [3.8, 4) is 0 Å². The Bertz CT molecular complexity index is 653. The molecule has 1 aliphatic rings. The van der Waals surface area contributed by atoms with E-state index in [1.54, 1.807) is 29.2 Å². The number of β-amino-alcohol motifs (C(OH)–C–C–N with tert-alkyl or cyclic N) is 1. The van der Waals surface area contributed by atoms with Gasteiger partial charge in [0.05, 0.1) is 18.2 Å². The van der Waals surface area contributed by atoms with Crippen LogP contribution in [0.2, 0.25) is 0 Å². The van der Waals surface area contributed by atoms with Crippen molar-refractivity contribution in [1.29, 1.82) is 0 Å². The molecular formula is C14H15F2N3O2. The van der Waals surface area contributed by atoms with E-state index in [0.29, 0.717) is 23.3 Å². The zero-order valence-electron chi connectivity index (χ0n) is 11.2. The standard InChI is InChI=1S/C14H15F2N3O2/c15-12(16)13-17-10-4-2-1-3-9(10)14(18-13)19-5-8(7-20)11(21)6-19/h1-4,8,11-12,20-21H,5-7H2. The molecule has 5 nitrogen and oxygen atoms in total. The summed E-state index contributed by atoms with van der Waals surface area (Å²) in [6, 6.07) is 6.93. The summed E-state index contributed by atoms with van der Waals surface area (Å²) in [5.41, 5.74) is 0.444. The number of fused-ring (bicyclic) bond motifs is 1. The first-order chi connectivity index (χ1) is 10.1. The van der Waals surface area contributed by atoms with Gasteiger partial charge in [0.2, 0.25) is 0 Å². The molecule has 21 heavy (non-hydrogen) atoms. The number of nitrogens with zero attached hydrogens (tertiary/aromatic N) is 3. The van der Waals surface area contributed by atoms with E-state index in [4.69, 9.17) is 0 Å². The number of halogens is 2. The zero-order valence-corrected chi connectivity index (χ0v) is 11.2. The second-order valence-corrected chi connectivity index (χ2v) is 5.14. The molecule has 2 heterocycles. The van der Waals surface area contributed by atoms with E-state index in [9.17, 15) is 19.0 Å². The van der Waals surface area contributed by atoms with Gasteiger partial charge in [-0.3, -0.25) is 0 Å². The molecule has 112 valence electrons. The van der Waals surface area contributed by atoms with E-state index in [0.717, 1.165) is 0 Å². The fourth-order valence-electron chi connectivity index (χ4n) is 2.62. The molecule has 0 aliphatic carbocycles. The number of benzene rings is 1. The third-order valence-corrected chi connectivity index (χ3v) is 3.74. The monoisotopic (exact) mass is 295 g/mol. The Morgan fingerprint density at radius 1 is 1.24 bits per heavy atom. The summed E-state index contributed by atoms with van der Waals surface area (Å²) in [4.78, 5) is 9.55. The third-order valence-electron chi connectivity index (χ3n) is 3.74. The molecule has 0 spiro atoms. The molecular weight excluding hydrogens is 280 g/mol. The number of hydrogen-bond donors (Lipinski definition) is 2. The number of alkyl halides is 2. The summed E-state index contributed by atoms with van der Waals surface area (Å²) in [5, 5.41) is 19.8. The van der Waals surface area contributed by atoms with Crippen LogP contribution in [0.3, 0.4) is 0 Å². The molecule has 1 fully saturated rings. The van der Waals surface area contributed by atoms with Crippen molar-refractivity contribution in [1.82, 2.24) is 9.97 Å². The Morgan fingerprint density at radius 3 is 2.67 bits per heavy atom. The maximum absolute atomic E-state index is 12.9. The highest BCUT2D eigenvalue weighted by atomic mass is 19.3. The van der Waals surface area contributed by atoms with Crippen molar-refractivity contribution in [3.63, 3.8) is 0 Å². The third kappa shape index (κ3) is 2.54. The molecule has 3 rings (SSSR count). The van der Waals surface area contributed by atoms with Crippen molar-refractivity contribution in [2.45, 2.75) is 12.5 Å². The Labute approximate surface area is 119 Å². The maximum Gasteiger partial charge on any atom is 0.297 e. The Balaban J connectivity index is 2.08. The van der Waals surface area contributed by atoms with Crippen LogP contribution in [-0.2, 0) is 0 Å². The molecule has 2 atom stereocenters. The maximum atomic E-state index is 12.9. The summed E-state index contributed by atoms with van der Waals surface area (Å²) in [6.45, 7) is 0.485. The van der Waals surface area contributed by atoms with Crippen molar-refractivity contribution in [2.24, 2.45) is 5.92 Å².